The van der Waals surface area contributed by atoms with Crippen molar-refractivity contribution < 1.29 is 19.3 Å². The zero-order chi connectivity index (χ0) is 21.8. The number of fused-ring (bicyclic) bond motifs is 1. The van der Waals surface area contributed by atoms with E-state index < -0.39 is 0 Å². The summed E-state index contributed by atoms with van der Waals surface area (Å²) in [6.45, 7) is 8.33. The lowest BCUT2D eigenvalue weighted by atomic mass is 10.2. The maximum atomic E-state index is 9.10. The van der Waals surface area contributed by atoms with E-state index in [2.05, 4.69) is 33.7 Å². The number of allylic oxidation sites excluding steroid dienone is 4. The lowest BCUT2D eigenvalue weighted by molar-refractivity contribution is 0.141. The van der Waals surface area contributed by atoms with Crippen LogP contribution in [-0.4, -0.2) is 48.6 Å². The lowest BCUT2D eigenvalue weighted by Gasteiger charge is -2.15. The summed E-state index contributed by atoms with van der Waals surface area (Å²) < 4.78 is 16.5. The van der Waals surface area contributed by atoms with Crippen molar-refractivity contribution in [3.8, 4) is 23.3 Å². The summed E-state index contributed by atoms with van der Waals surface area (Å²) in [5.74, 6) is 7.51. The van der Waals surface area contributed by atoms with Gasteiger partial charge in [-0.1, -0.05) is 18.6 Å². The number of anilines is 1. The molecule has 0 aliphatic heterocycles. The fourth-order valence-electron chi connectivity index (χ4n) is 2.64. The summed E-state index contributed by atoms with van der Waals surface area (Å²) in [5, 5.41) is 13.2. The van der Waals surface area contributed by atoms with Crippen molar-refractivity contribution in [2.75, 3.05) is 38.9 Å². The highest BCUT2D eigenvalue weighted by molar-refractivity contribution is 5.92. The van der Waals surface area contributed by atoms with Gasteiger partial charge in [-0.05, 0) is 32.1 Å². The molecule has 0 bridgehead atoms. The Hall–Kier alpha value is -3.34. The second-order valence-electron chi connectivity index (χ2n) is 6.14. The van der Waals surface area contributed by atoms with Crippen molar-refractivity contribution in [1.29, 1.82) is 0 Å². The molecule has 0 saturated carbocycles. The van der Waals surface area contributed by atoms with Gasteiger partial charge in [0.15, 0.2) is 11.5 Å². The third-order valence-electron chi connectivity index (χ3n) is 3.85. The van der Waals surface area contributed by atoms with Crippen LogP contribution in [0.25, 0.3) is 10.9 Å². The van der Waals surface area contributed by atoms with E-state index in [1.807, 2.05) is 25.1 Å². The molecule has 2 N–H and O–H groups in total. The number of aromatic nitrogens is 2. The molecular weight excluding hydrogens is 382 g/mol. The number of methoxy groups -OCH3 is 1. The van der Waals surface area contributed by atoms with E-state index >= 15 is 0 Å². The van der Waals surface area contributed by atoms with Crippen molar-refractivity contribution in [3.63, 3.8) is 0 Å². The summed E-state index contributed by atoms with van der Waals surface area (Å²) in [4.78, 5) is 8.73. The number of hydrogen-bond donors (Lipinski definition) is 2. The maximum absolute atomic E-state index is 9.10. The molecule has 2 rings (SSSR count). The third-order valence-corrected chi connectivity index (χ3v) is 3.85. The second kappa shape index (κ2) is 12.3. The van der Waals surface area contributed by atoms with Crippen molar-refractivity contribution in [3.05, 3.63) is 54.5 Å². The zero-order valence-electron chi connectivity index (χ0n) is 17.6. The highest BCUT2D eigenvalue weighted by Gasteiger charge is 2.13. The van der Waals surface area contributed by atoms with Gasteiger partial charge >= 0.3 is 0 Å². The van der Waals surface area contributed by atoms with Crippen LogP contribution in [0.2, 0.25) is 0 Å². The Balaban J connectivity index is 2.47. The van der Waals surface area contributed by atoms with E-state index in [4.69, 9.17) is 19.3 Å². The number of nitrogens with one attached hydrogen (secondary N) is 1. The number of benzene rings is 1. The molecule has 7 nitrogen and oxygen atoms in total. The Labute approximate surface area is 177 Å². The van der Waals surface area contributed by atoms with Crippen molar-refractivity contribution in [2.24, 2.45) is 0 Å². The van der Waals surface area contributed by atoms with Gasteiger partial charge in [-0.2, -0.15) is 0 Å². The Morgan fingerprint density at radius 1 is 1.20 bits per heavy atom. The highest BCUT2D eigenvalue weighted by Crippen LogP contribution is 2.34. The highest BCUT2D eigenvalue weighted by atomic mass is 16.5. The molecule has 2 aromatic rings. The van der Waals surface area contributed by atoms with Gasteiger partial charge < -0.3 is 24.6 Å². The molecule has 30 heavy (non-hydrogen) atoms. The molecule has 0 radical (unpaired) electrons. The lowest BCUT2D eigenvalue weighted by Crippen LogP contribution is -2.08. The number of ether oxygens (including phenoxy) is 3. The SMILES string of the molecule is C=C/C=C(\C=C(/C)C#CC)Nc1ncnc2cc(OCCO)c(OCCOC)cc12. The van der Waals surface area contributed by atoms with E-state index in [-0.39, 0.29) is 13.2 Å². The number of aliphatic hydroxyl groups is 1. The van der Waals surface area contributed by atoms with Gasteiger partial charge in [0.25, 0.3) is 0 Å². The van der Waals surface area contributed by atoms with Gasteiger partial charge in [0, 0.05) is 29.8 Å². The van der Waals surface area contributed by atoms with Gasteiger partial charge in [-0.15, -0.1) is 5.92 Å². The Morgan fingerprint density at radius 3 is 2.67 bits per heavy atom. The molecule has 1 aromatic carbocycles. The largest absolute Gasteiger partial charge is 0.487 e. The van der Waals surface area contributed by atoms with Gasteiger partial charge in [-0.25, -0.2) is 9.97 Å². The van der Waals surface area contributed by atoms with Crippen LogP contribution in [0.1, 0.15) is 13.8 Å². The fourth-order valence-corrected chi connectivity index (χ4v) is 2.64. The zero-order valence-corrected chi connectivity index (χ0v) is 17.6. The Morgan fingerprint density at radius 2 is 1.97 bits per heavy atom. The normalized spacial score (nSPS) is 11.6. The molecule has 158 valence electrons. The quantitative estimate of drug-likeness (QED) is 0.334. The van der Waals surface area contributed by atoms with Gasteiger partial charge in [-0.3, -0.25) is 0 Å². The molecule has 0 atom stereocenters. The Kier molecular flexibility index (Phi) is 9.38. The minimum atomic E-state index is -0.103. The summed E-state index contributed by atoms with van der Waals surface area (Å²) >= 11 is 0. The number of nitrogens with zero attached hydrogens (tertiary/aromatic N) is 2. The molecule has 0 fully saturated rings. The first-order valence-electron chi connectivity index (χ1n) is 9.47. The van der Waals surface area contributed by atoms with Crippen LogP contribution in [-0.2, 0) is 4.74 Å². The van der Waals surface area contributed by atoms with Crippen molar-refractivity contribution in [1.82, 2.24) is 9.97 Å². The van der Waals surface area contributed by atoms with Gasteiger partial charge in [0.05, 0.1) is 18.7 Å². The molecule has 0 aliphatic rings. The van der Waals surface area contributed by atoms with E-state index in [0.29, 0.717) is 36.0 Å². The van der Waals surface area contributed by atoms with Crippen LogP contribution in [0.5, 0.6) is 11.5 Å². The molecular formula is C23H27N3O4. The van der Waals surface area contributed by atoms with Gasteiger partial charge in [0.2, 0.25) is 0 Å². The number of hydrogen-bond acceptors (Lipinski definition) is 7. The smallest absolute Gasteiger partial charge is 0.163 e. The second-order valence-corrected chi connectivity index (χ2v) is 6.14. The molecule has 0 unspecified atom stereocenters. The predicted molar refractivity (Wildman–Crippen MR) is 119 cm³/mol. The monoisotopic (exact) mass is 409 g/mol. The standard InChI is InChI=1S/C23H27N3O4/c1-5-7-17(3)13-18(8-6-2)26-23-19-14-21(30-12-11-28-4)22(29-10-9-27)15-20(19)24-16-25-23/h6,8,13-16,27H,2,9-12H2,1,3-4H3,(H,24,25,26)/b17-13+,18-8+. The molecule has 0 saturated heterocycles. The van der Waals surface area contributed by atoms with E-state index in [0.717, 1.165) is 16.7 Å². The molecule has 1 aromatic heterocycles. The van der Waals surface area contributed by atoms with Crippen LogP contribution in [0.3, 0.4) is 0 Å². The molecule has 1 heterocycles. The third kappa shape index (κ3) is 6.62. The van der Waals surface area contributed by atoms with Crippen LogP contribution in [0.4, 0.5) is 5.82 Å². The van der Waals surface area contributed by atoms with Crippen LogP contribution >= 0.6 is 0 Å². The summed E-state index contributed by atoms with van der Waals surface area (Å²) in [6.07, 6.45) is 6.92. The van der Waals surface area contributed by atoms with E-state index in [9.17, 15) is 0 Å². The predicted octanol–water partition coefficient (Wildman–Crippen LogP) is 3.48. The summed E-state index contributed by atoms with van der Waals surface area (Å²) in [5.41, 5.74) is 2.36. The number of rotatable bonds is 11. The van der Waals surface area contributed by atoms with Crippen LogP contribution < -0.4 is 14.8 Å². The molecule has 0 amide bonds. The fraction of sp³-hybridized carbons (Fsp3) is 0.304. The van der Waals surface area contributed by atoms with Crippen molar-refractivity contribution >= 4 is 16.7 Å². The summed E-state index contributed by atoms with van der Waals surface area (Å²) in [7, 11) is 1.61. The topological polar surface area (TPSA) is 85.7 Å². The first-order valence-corrected chi connectivity index (χ1v) is 9.47. The molecule has 7 heteroatoms. The minimum absolute atomic E-state index is 0.103. The van der Waals surface area contributed by atoms with E-state index in [1.54, 1.807) is 26.2 Å². The van der Waals surface area contributed by atoms with Gasteiger partial charge in [0.1, 0.15) is 25.4 Å². The summed E-state index contributed by atoms with van der Waals surface area (Å²) in [6, 6.07) is 3.58. The Bertz CT molecular complexity index is 987. The average Bonchev–Trinajstić information content (AvgIpc) is 2.73. The van der Waals surface area contributed by atoms with E-state index in [1.165, 1.54) is 6.33 Å². The first kappa shape index (κ1) is 22.9. The molecule has 0 spiro atoms. The maximum Gasteiger partial charge on any atom is 0.163 e. The van der Waals surface area contributed by atoms with Crippen LogP contribution in [0, 0.1) is 11.8 Å². The van der Waals surface area contributed by atoms with Crippen molar-refractivity contribution in [2.45, 2.75) is 13.8 Å². The van der Waals surface area contributed by atoms with Crippen LogP contribution in [0.15, 0.2) is 54.5 Å². The number of aliphatic hydroxyl groups excluding tert-OH is 1. The minimum Gasteiger partial charge on any atom is -0.487 e. The first-order chi connectivity index (χ1) is 14.6. The average molecular weight is 409 g/mol. The molecule has 0 aliphatic carbocycles.